The van der Waals surface area contributed by atoms with Gasteiger partial charge in [0.15, 0.2) is 0 Å². The summed E-state index contributed by atoms with van der Waals surface area (Å²) < 4.78 is 6.06. The predicted octanol–water partition coefficient (Wildman–Crippen LogP) is 5.86. The third-order valence-corrected chi connectivity index (χ3v) is 8.46. The van der Waals surface area contributed by atoms with E-state index in [-0.39, 0.29) is 21.7 Å². The number of carbonyl (C=O) groups is 1. The van der Waals surface area contributed by atoms with Crippen LogP contribution in [0.5, 0.6) is 0 Å². The van der Waals surface area contributed by atoms with Crippen molar-refractivity contribution in [3.05, 3.63) is 35.2 Å². The van der Waals surface area contributed by atoms with Gasteiger partial charge in [0, 0.05) is 10.4 Å². The van der Waals surface area contributed by atoms with E-state index < -0.39 is 0 Å². The molecule has 0 aliphatic heterocycles. The molecule has 1 aromatic carbocycles. The minimum absolute atomic E-state index is 0.0624. The standard InChI is InChI=1S/C23H27BrClN3O2/c1-14(2)28(12-19-26-27-20(30-19)17-5-3-4-6-18(17)25)21(29)22-8-15-7-16(9-22)11-23(24,10-15)13-22/h3-6,14-16H,7-13H2,1-2H3. The van der Waals surface area contributed by atoms with Crippen molar-refractivity contribution in [3.8, 4) is 11.5 Å². The lowest BCUT2D eigenvalue weighted by atomic mass is 9.49. The molecule has 5 nitrogen and oxygen atoms in total. The molecule has 1 heterocycles. The Bertz CT molecular complexity index is 961. The van der Waals surface area contributed by atoms with Crippen molar-refractivity contribution in [2.75, 3.05) is 0 Å². The van der Waals surface area contributed by atoms with Crippen LogP contribution in [0.15, 0.2) is 28.7 Å². The van der Waals surface area contributed by atoms with E-state index in [2.05, 4.69) is 40.0 Å². The van der Waals surface area contributed by atoms with Crippen molar-refractivity contribution < 1.29 is 9.21 Å². The number of halogens is 2. The molecule has 4 aliphatic rings. The molecule has 4 saturated carbocycles. The van der Waals surface area contributed by atoms with Crippen LogP contribution in [0.4, 0.5) is 0 Å². The molecule has 30 heavy (non-hydrogen) atoms. The average Bonchev–Trinajstić information content (AvgIpc) is 3.12. The van der Waals surface area contributed by atoms with Crippen LogP contribution in [-0.4, -0.2) is 31.4 Å². The van der Waals surface area contributed by atoms with Gasteiger partial charge in [-0.05, 0) is 76.3 Å². The fraction of sp³-hybridized carbons (Fsp3) is 0.609. The van der Waals surface area contributed by atoms with Gasteiger partial charge in [-0.25, -0.2) is 0 Å². The fourth-order valence-corrected chi connectivity index (χ4v) is 8.07. The molecule has 0 saturated heterocycles. The van der Waals surface area contributed by atoms with Crippen molar-refractivity contribution in [1.82, 2.24) is 15.1 Å². The van der Waals surface area contributed by atoms with Gasteiger partial charge >= 0.3 is 0 Å². The third-order valence-electron chi connectivity index (χ3n) is 7.20. The van der Waals surface area contributed by atoms with Crippen LogP contribution < -0.4 is 0 Å². The number of alkyl halides is 1. The summed E-state index contributed by atoms with van der Waals surface area (Å²) in [6.07, 6.45) is 6.70. The minimum atomic E-state index is -0.247. The van der Waals surface area contributed by atoms with Crippen LogP contribution in [0.25, 0.3) is 11.5 Å². The summed E-state index contributed by atoms with van der Waals surface area (Å²) in [5.74, 6) is 2.43. The smallest absolute Gasteiger partial charge is 0.249 e. The highest BCUT2D eigenvalue weighted by Crippen LogP contribution is 2.65. The zero-order valence-corrected chi connectivity index (χ0v) is 19.7. The summed E-state index contributed by atoms with van der Waals surface area (Å²) in [7, 11) is 0. The second-order valence-electron chi connectivity index (χ2n) is 9.90. The number of benzene rings is 1. The van der Waals surface area contributed by atoms with E-state index >= 15 is 0 Å². The summed E-state index contributed by atoms with van der Waals surface area (Å²) >= 11 is 10.3. The van der Waals surface area contributed by atoms with Gasteiger partial charge < -0.3 is 9.32 Å². The quantitative estimate of drug-likeness (QED) is 0.490. The van der Waals surface area contributed by atoms with Crippen LogP contribution in [0.1, 0.15) is 58.3 Å². The van der Waals surface area contributed by atoms with Crippen LogP contribution in [0.2, 0.25) is 5.02 Å². The molecule has 0 N–H and O–H groups in total. The molecule has 1 amide bonds. The Morgan fingerprint density at radius 3 is 2.57 bits per heavy atom. The van der Waals surface area contributed by atoms with E-state index in [1.807, 2.05) is 23.1 Å². The predicted molar refractivity (Wildman–Crippen MR) is 119 cm³/mol. The molecule has 1 aromatic heterocycles. The highest BCUT2D eigenvalue weighted by molar-refractivity contribution is 9.10. The van der Waals surface area contributed by atoms with Crippen LogP contribution in [-0.2, 0) is 11.3 Å². The van der Waals surface area contributed by atoms with E-state index in [1.165, 1.54) is 19.3 Å². The lowest BCUT2D eigenvalue weighted by Gasteiger charge is -2.60. The molecule has 2 aromatic rings. The first-order valence-electron chi connectivity index (χ1n) is 10.8. The van der Waals surface area contributed by atoms with Crippen molar-refractivity contribution >= 4 is 33.4 Å². The Balaban J connectivity index is 1.39. The molecule has 2 atom stereocenters. The van der Waals surface area contributed by atoms with Gasteiger partial charge in [0.1, 0.15) is 0 Å². The first-order valence-corrected chi connectivity index (χ1v) is 12.0. The zero-order valence-electron chi connectivity index (χ0n) is 17.4. The maximum absolute atomic E-state index is 13.9. The normalized spacial score (nSPS) is 32.0. The number of nitrogens with zero attached hydrogens (tertiary/aromatic N) is 3. The summed E-state index contributed by atoms with van der Waals surface area (Å²) in [5.41, 5.74) is 0.464. The van der Waals surface area contributed by atoms with Crippen molar-refractivity contribution in [2.24, 2.45) is 17.3 Å². The molecule has 0 spiro atoms. The van der Waals surface area contributed by atoms with E-state index in [4.69, 9.17) is 16.0 Å². The van der Waals surface area contributed by atoms with Crippen molar-refractivity contribution in [3.63, 3.8) is 0 Å². The Morgan fingerprint density at radius 2 is 1.93 bits per heavy atom. The Hall–Kier alpha value is -1.40. The molecular weight excluding hydrogens is 466 g/mol. The highest BCUT2D eigenvalue weighted by Gasteiger charge is 2.60. The molecule has 6 rings (SSSR count). The van der Waals surface area contributed by atoms with E-state index in [9.17, 15) is 4.79 Å². The van der Waals surface area contributed by atoms with Gasteiger partial charge in [0.05, 0.1) is 22.5 Å². The Kier molecular flexibility index (Phi) is 5.01. The van der Waals surface area contributed by atoms with Crippen LogP contribution in [0, 0.1) is 17.3 Å². The number of hydrogen-bond acceptors (Lipinski definition) is 4. The number of hydrogen-bond donors (Lipinski definition) is 0. The van der Waals surface area contributed by atoms with Crippen molar-refractivity contribution in [1.29, 1.82) is 0 Å². The molecule has 4 aliphatic carbocycles. The summed E-state index contributed by atoms with van der Waals surface area (Å²) in [4.78, 5) is 15.8. The van der Waals surface area contributed by atoms with Crippen LogP contribution in [0.3, 0.4) is 0 Å². The fourth-order valence-electron chi connectivity index (χ4n) is 6.40. The lowest BCUT2D eigenvalue weighted by molar-refractivity contribution is -0.158. The largest absolute Gasteiger partial charge is 0.419 e. The summed E-state index contributed by atoms with van der Waals surface area (Å²) in [6, 6.07) is 7.47. The van der Waals surface area contributed by atoms with E-state index in [0.29, 0.717) is 40.7 Å². The number of aromatic nitrogens is 2. The molecule has 7 heteroatoms. The Morgan fingerprint density at radius 1 is 1.23 bits per heavy atom. The average molecular weight is 493 g/mol. The highest BCUT2D eigenvalue weighted by atomic mass is 79.9. The summed E-state index contributed by atoms with van der Waals surface area (Å²) in [6.45, 7) is 4.46. The monoisotopic (exact) mass is 491 g/mol. The number of carbonyl (C=O) groups excluding carboxylic acids is 1. The first kappa shape index (κ1) is 20.5. The second kappa shape index (κ2) is 7.33. The van der Waals surface area contributed by atoms with Gasteiger partial charge in [-0.15, -0.1) is 10.2 Å². The topological polar surface area (TPSA) is 59.2 Å². The van der Waals surface area contributed by atoms with Gasteiger partial charge in [0.25, 0.3) is 0 Å². The van der Waals surface area contributed by atoms with Crippen molar-refractivity contribution in [2.45, 2.75) is 69.3 Å². The van der Waals surface area contributed by atoms with E-state index in [1.54, 1.807) is 6.07 Å². The van der Waals surface area contributed by atoms with Gasteiger partial charge in [-0.1, -0.05) is 39.7 Å². The second-order valence-corrected chi connectivity index (χ2v) is 12.0. The number of amides is 1. The molecule has 4 fully saturated rings. The third kappa shape index (κ3) is 3.50. The first-order chi connectivity index (χ1) is 14.3. The summed E-state index contributed by atoms with van der Waals surface area (Å²) in [5, 5.41) is 8.97. The molecular formula is C23H27BrClN3O2. The lowest BCUT2D eigenvalue weighted by Crippen LogP contribution is -2.59. The maximum atomic E-state index is 13.9. The van der Waals surface area contributed by atoms with E-state index in [0.717, 1.165) is 19.3 Å². The SMILES string of the molecule is CC(C)N(Cc1nnc(-c2ccccc2Cl)o1)C(=O)C12CC3CC(CC(Br)(C3)C1)C2. The maximum Gasteiger partial charge on any atom is 0.249 e. The van der Waals surface area contributed by atoms with Gasteiger partial charge in [-0.2, -0.15) is 0 Å². The number of rotatable bonds is 5. The zero-order chi connectivity index (χ0) is 21.1. The van der Waals surface area contributed by atoms with Crippen LogP contribution >= 0.6 is 27.5 Å². The molecule has 4 bridgehead atoms. The molecule has 0 radical (unpaired) electrons. The Labute approximate surface area is 190 Å². The molecule has 2 unspecified atom stereocenters. The molecule has 160 valence electrons. The van der Waals surface area contributed by atoms with Gasteiger partial charge in [-0.3, -0.25) is 4.79 Å². The minimum Gasteiger partial charge on any atom is -0.419 e. The van der Waals surface area contributed by atoms with Gasteiger partial charge in [0.2, 0.25) is 17.7 Å².